The highest BCUT2D eigenvalue weighted by Gasteiger charge is 2.34. The highest BCUT2D eigenvalue weighted by molar-refractivity contribution is 5.80. The minimum atomic E-state index is -0.807. The normalized spacial score (nSPS) is 14.0. The molecule has 0 radical (unpaired) electrons. The number of hydrogen-bond acceptors (Lipinski definition) is 6. The highest BCUT2D eigenvalue weighted by Crippen LogP contribution is 2.08. The Balaban J connectivity index is 4.00. The number of carbonyl (C=O) groups excluding carboxylic acids is 1. The number of ether oxygens (including phenoxy) is 4. The molecule has 0 aromatic rings. The molecule has 0 spiro atoms. The summed E-state index contributed by atoms with van der Waals surface area (Å²) in [5.41, 5.74) is -0.807. The molecule has 0 aliphatic rings. The summed E-state index contributed by atoms with van der Waals surface area (Å²) in [5.74, 6) is -0.284. The van der Waals surface area contributed by atoms with Crippen LogP contribution in [0.25, 0.3) is 0 Å². The van der Waals surface area contributed by atoms with E-state index in [0.717, 1.165) is 13.0 Å². The minimum Gasteiger partial charge on any atom is -0.465 e. The zero-order valence-electron chi connectivity index (χ0n) is 13.2. The first kappa shape index (κ1) is 19.3. The van der Waals surface area contributed by atoms with Gasteiger partial charge in [0.05, 0.1) is 39.6 Å². The molecule has 0 saturated carbocycles. The maximum Gasteiger partial charge on any atom is 0.328 e. The van der Waals surface area contributed by atoms with Crippen LogP contribution in [0.5, 0.6) is 0 Å². The Kier molecular flexibility index (Phi) is 11.7. The van der Waals surface area contributed by atoms with Crippen molar-refractivity contribution in [2.75, 3.05) is 53.3 Å². The maximum atomic E-state index is 12.0. The number of esters is 1. The molecule has 6 heteroatoms. The average Bonchev–Trinajstić information content (AvgIpc) is 2.44. The molecule has 0 bridgehead atoms. The van der Waals surface area contributed by atoms with Gasteiger partial charge in [-0.3, -0.25) is 0 Å². The molecule has 0 aliphatic heterocycles. The van der Waals surface area contributed by atoms with Gasteiger partial charge < -0.3 is 24.3 Å². The SMILES string of the molecule is CCCNC(C)(COCCOCCOC)C(=O)OCC. The van der Waals surface area contributed by atoms with Crippen LogP contribution in [-0.2, 0) is 23.7 Å². The molecule has 0 aromatic carbocycles. The summed E-state index contributed by atoms with van der Waals surface area (Å²) in [6.07, 6.45) is 0.940. The third-order valence-corrected chi connectivity index (χ3v) is 2.69. The zero-order valence-corrected chi connectivity index (χ0v) is 13.2. The quantitative estimate of drug-likeness (QED) is 0.403. The smallest absolute Gasteiger partial charge is 0.328 e. The van der Waals surface area contributed by atoms with Gasteiger partial charge in [0.15, 0.2) is 0 Å². The lowest BCUT2D eigenvalue weighted by Gasteiger charge is -2.28. The van der Waals surface area contributed by atoms with Crippen molar-refractivity contribution in [2.24, 2.45) is 0 Å². The van der Waals surface area contributed by atoms with Gasteiger partial charge in [-0.1, -0.05) is 6.92 Å². The second-order valence-electron chi connectivity index (χ2n) is 4.64. The molecule has 1 unspecified atom stereocenters. The maximum absolute atomic E-state index is 12.0. The summed E-state index contributed by atoms with van der Waals surface area (Å²) in [6, 6.07) is 0. The number of carbonyl (C=O) groups is 1. The number of nitrogens with one attached hydrogen (secondary N) is 1. The monoisotopic (exact) mass is 291 g/mol. The van der Waals surface area contributed by atoms with Crippen LogP contribution in [0.4, 0.5) is 0 Å². The van der Waals surface area contributed by atoms with Gasteiger partial charge in [-0.2, -0.15) is 0 Å². The summed E-state index contributed by atoms with van der Waals surface area (Å²) >= 11 is 0. The molecule has 120 valence electrons. The first-order valence-corrected chi connectivity index (χ1v) is 7.17. The largest absolute Gasteiger partial charge is 0.465 e. The van der Waals surface area contributed by atoms with Crippen LogP contribution in [0.2, 0.25) is 0 Å². The fourth-order valence-corrected chi connectivity index (χ4v) is 1.51. The lowest BCUT2D eigenvalue weighted by Crippen LogP contribution is -2.54. The predicted octanol–water partition coefficient (Wildman–Crippen LogP) is 0.987. The van der Waals surface area contributed by atoms with Crippen molar-refractivity contribution in [2.45, 2.75) is 32.7 Å². The van der Waals surface area contributed by atoms with Crippen molar-refractivity contribution in [3.63, 3.8) is 0 Å². The first-order chi connectivity index (χ1) is 9.60. The van der Waals surface area contributed by atoms with E-state index >= 15 is 0 Å². The molecule has 0 amide bonds. The van der Waals surface area contributed by atoms with E-state index in [0.29, 0.717) is 33.0 Å². The van der Waals surface area contributed by atoms with Crippen LogP contribution in [0.3, 0.4) is 0 Å². The van der Waals surface area contributed by atoms with Crippen molar-refractivity contribution >= 4 is 5.97 Å². The molecule has 1 atom stereocenters. The molecule has 0 heterocycles. The van der Waals surface area contributed by atoms with Gasteiger partial charge >= 0.3 is 5.97 Å². The van der Waals surface area contributed by atoms with Crippen molar-refractivity contribution in [3.05, 3.63) is 0 Å². The van der Waals surface area contributed by atoms with Gasteiger partial charge in [-0.25, -0.2) is 4.79 Å². The minimum absolute atomic E-state index is 0.263. The van der Waals surface area contributed by atoms with E-state index in [2.05, 4.69) is 5.32 Å². The van der Waals surface area contributed by atoms with E-state index in [-0.39, 0.29) is 12.6 Å². The predicted molar refractivity (Wildman–Crippen MR) is 76.8 cm³/mol. The highest BCUT2D eigenvalue weighted by atomic mass is 16.6. The first-order valence-electron chi connectivity index (χ1n) is 7.17. The summed E-state index contributed by atoms with van der Waals surface area (Å²) in [4.78, 5) is 12.0. The fraction of sp³-hybridized carbons (Fsp3) is 0.929. The Hall–Kier alpha value is -0.690. The van der Waals surface area contributed by atoms with E-state index < -0.39 is 5.54 Å². The zero-order chi connectivity index (χ0) is 15.3. The lowest BCUT2D eigenvalue weighted by molar-refractivity contribution is -0.153. The topological polar surface area (TPSA) is 66.0 Å². The van der Waals surface area contributed by atoms with Crippen LogP contribution >= 0.6 is 0 Å². The average molecular weight is 291 g/mol. The van der Waals surface area contributed by atoms with Crippen molar-refractivity contribution in [3.8, 4) is 0 Å². The Morgan fingerprint density at radius 2 is 1.75 bits per heavy atom. The second-order valence-corrected chi connectivity index (χ2v) is 4.64. The summed E-state index contributed by atoms with van der Waals surface area (Å²) in [5, 5.41) is 3.18. The van der Waals surface area contributed by atoms with Crippen LogP contribution < -0.4 is 5.32 Å². The van der Waals surface area contributed by atoms with Crippen molar-refractivity contribution in [1.29, 1.82) is 0 Å². The molecule has 0 aliphatic carbocycles. The van der Waals surface area contributed by atoms with E-state index in [4.69, 9.17) is 18.9 Å². The van der Waals surface area contributed by atoms with E-state index in [9.17, 15) is 4.79 Å². The van der Waals surface area contributed by atoms with Gasteiger partial charge in [-0.05, 0) is 26.8 Å². The molecular weight excluding hydrogens is 262 g/mol. The molecular formula is C14H29NO5. The molecule has 0 fully saturated rings. The standard InChI is InChI=1S/C14H29NO5/c1-5-7-15-14(3,13(16)20-6-2)12-19-11-10-18-9-8-17-4/h15H,5-12H2,1-4H3. The second kappa shape index (κ2) is 12.1. The summed E-state index contributed by atoms with van der Waals surface area (Å²) in [6.45, 7) is 9.03. The Bertz CT molecular complexity index is 250. The van der Waals surface area contributed by atoms with Gasteiger partial charge in [0.25, 0.3) is 0 Å². The van der Waals surface area contributed by atoms with Crippen LogP contribution in [0, 0.1) is 0 Å². The van der Waals surface area contributed by atoms with E-state index in [1.54, 1.807) is 21.0 Å². The van der Waals surface area contributed by atoms with Crippen molar-refractivity contribution in [1.82, 2.24) is 5.32 Å². The third-order valence-electron chi connectivity index (χ3n) is 2.69. The fourth-order valence-electron chi connectivity index (χ4n) is 1.51. The van der Waals surface area contributed by atoms with E-state index in [1.807, 2.05) is 6.92 Å². The van der Waals surface area contributed by atoms with Crippen LogP contribution in [0.1, 0.15) is 27.2 Å². The number of hydrogen-bond donors (Lipinski definition) is 1. The Labute approximate surface area is 122 Å². The summed E-state index contributed by atoms with van der Waals surface area (Å²) in [7, 11) is 1.63. The van der Waals surface area contributed by atoms with Crippen LogP contribution in [0.15, 0.2) is 0 Å². The number of methoxy groups -OCH3 is 1. The third kappa shape index (κ3) is 8.47. The van der Waals surface area contributed by atoms with E-state index in [1.165, 1.54) is 0 Å². The van der Waals surface area contributed by atoms with Gasteiger partial charge in [-0.15, -0.1) is 0 Å². The molecule has 0 rings (SSSR count). The molecule has 1 N–H and O–H groups in total. The molecule has 20 heavy (non-hydrogen) atoms. The lowest BCUT2D eigenvalue weighted by atomic mass is 10.0. The Morgan fingerprint density at radius 3 is 2.35 bits per heavy atom. The van der Waals surface area contributed by atoms with Gasteiger partial charge in [0.2, 0.25) is 0 Å². The van der Waals surface area contributed by atoms with Crippen LogP contribution in [-0.4, -0.2) is 64.8 Å². The summed E-state index contributed by atoms with van der Waals surface area (Å²) < 4.78 is 20.8. The molecule has 6 nitrogen and oxygen atoms in total. The molecule has 0 aromatic heterocycles. The van der Waals surface area contributed by atoms with Gasteiger partial charge in [0, 0.05) is 7.11 Å². The number of rotatable bonds is 13. The molecule has 0 saturated heterocycles. The van der Waals surface area contributed by atoms with Gasteiger partial charge in [0.1, 0.15) is 5.54 Å². The Morgan fingerprint density at radius 1 is 1.10 bits per heavy atom. The van der Waals surface area contributed by atoms with Crippen molar-refractivity contribution < 1.29 is 23.7 Å².